The number of urea groups is 1. The van der Waals surface area contributed by atoms with Crippen LogP contribution in [-0.4, -0.2) is 54.5 Å². The lowest BCUT2D eigenvalue weighted by Crippen LogP contribution is -2.44. The fourth-order valence-electron chi connectivity index (χ4n) is 2.61. The lowest BCUT2D eigenvalue weighted by Gasteiger charge is -2.25. The van der Waals surface area contributed by atoms with Crippen LogP contribution in [0, 0.1) is 11.2 Å². The van der Waals surface area contributed by atoms with Crippen LogP contribution in [0.5, 0.6) is 0 Å². The van der Waals surface area contributed by atoms with Gasteiger partial charge in [-0.2, -0.15) is 0 Å². The van der Waals surface area contributed by atoms with E-state index >= 15 is 0 Å². The summed E-state index contributed by atoms with van der Waals surface area (Å²) in [5.74, 6) is -0.977. The Hall–Kier alpha value is -1.82. The Morgan fingerprint density at radius 2 is 1.80 bits per heavy atom. The van der Waals surface area contributed by atoms with Crippen LogP contribution in [0.4, 0.5) is 9.18 Å². The van der Waals surface area contributed by atoms with Crippen molar-refractivity contribution in [3.8, 4) is 0 Å². The first-order valence-electron chi connectivity index (χ1n) is 8.44. The highest BCUT2D eigenvalue weighted by Crippen LogP contribution is 2.18. The van der Waals surface area contributed by atoms with Gasteiger partial charge in [-0.1, -0.05) is 32.4 Å². The molecule has 2 rings (SSSR count). The summed E-state index contributed by atoms with van der Waals surface area (Å²) in [6.45, 7) is 8.57. The molecule has 0 aliphatic carbocycles. The zero-order valence-corrected chi connectivity index (χ0v) is 15.7. The smallest absolute Gasteiger partial charge is 0.317 e. The van der Waals surface area contributed by atoms with Crippen molar-refractivity contribution in [3.05, 3.63) is 34.6 Å². The Bertz CT molecular complexity index is 646. The van der Waals surface area contributed by atoms with Crippen LogP contribution >= 0.6 is 11.6 Å². The van der Waals surface area contributed by atoms with E-state index in [2.05, 4.69) is 26.1 Å². The van der Waals surface area contributed by atoms with E-state index in [1.54, 1.807) is 9.80 Å². The molecule has 1 fully saturated rings. The molecule has 7 heteroatoms. The number of rotatable bonds is 2. The highest BCUT2D eigenvalue weighted by atomic mass is 35.5. The van der Waals surface area contributed by atoms with Gasteiger partial charge in [-0.05, 0) is 30.0 Å². The largest absolute Gasteiger partial charge is 0.337 e. The van der Waals surface area contributed by atoms with Gasteiger partial charge in [-0.3, -0.25) is 4.79 Å². The minimum Gasteiger partial charge on any atom is -0.337 e. The summed E-state index contributed by atoms with van der Waals surface area (Å²) in [5, 5.41) is 3.24. The molecule has 3 amide bonds. The van der Waals surface area contributed by atoms with Crippen LogP contribution in [0.1, 0.15) is 37.6 Å². The number of amides is 3. The summed E-state index contributed by atoms with van der Waals surface area (Å²) in [4.78, 5) is 28.1. The van der Waals surface area contributed by atoms with Crippen molar-refractivity contribution in [2.45, 2.75) is 27.2 Å². The van der Waals surface area contributed by atoms with E-state index in [9.17, 15) is 14.0 Å². The van der Waals surface area contributed by atoms with E-state index in [-0.39, 0.29) is 17.0 Å². The Kier molecular flexibility index (Phi) is 6.27. The number of carbonyl (C=O) groups is 2. The molecule has 5 nitrogen and oxygen atoms in total. The molecule has 1 aromatic carbocycles. The van der Waals surface area contributed by atoms with Crippen LogP contribution in [0.2, 0.25) is 5.02 Å². The van der Waals surface area contributed by atoms with E-state index < -0.39 is 11.7 Å². The molecule has 0 atom stereocenters. The molecule has 0 unspecified atom stereocenters. The number of halogens is 2. The molecular weight excluding hydrogens is 345 g/mol. The summed E-state index contributed by atoms with van der Waals surface area (Å²) in [5.41, 5.74) is -0.0220. The Morgan fingerprint density at radius 1 is 1.16 bits per heavy atom. The molecule has 1 N–H and O–H groups in total. The molecule has 0 spiro atoms. The van der Waals surface area contributed by atoms with Crippen molar-refractivity contribution in [1.82, 2.24) is 15.1 Å². The van der Waals surface area contributed by atoms with E-state index in [1.807, 2.05) is 0 Å². The summed E-state index contributed by atoms with van der Waals surface area (Å²) >= 11 is 5.87. The lowest BCUT2D eigenvalue weighted by molar-refractivity contribution is 0.0757. The predicted octanol–water partition coefficient (Wildman–Crippen LogP) is 3.38. The van der Waals surface area contributed by atoms with Crippen molar-refractivity contribution < 1.29 is 14.0 Å². The molecule has 25 heavy (non-hydrogen) atoms. The first-order valence-corrected chi connectivity index (χ1v) is 8.82. The number of hydrogen-bond donors (Lipinski definition) is 1. The Morgan fingerprint density at radius 3 is 2.48 bits per heavy atom. The van der Waals surface area contributed by atoms with E-state index in [4.69, 9.17) is 11.6 Å². The molecule has 1 saturated heterocycles. The van der Waals surface area contributed by atoms with Crippen molar-refractivity contribution in [3.63, 3.8) is 0 Å². The summed E-state index contributed by atoms with van der Waals surface area (Å²) in [7, 11) is 0. The van der Waals surface area contributed by atoms with Gasteiger partial charge in [0.25, 0.3) is 5.91 Å². The molecule has 0 saturated carbocycles. The molecule has 0 radical (unpaired) electrons. The topological polar surface area (TPSA) is 52.7 Å². The summed E-state index contributed by atoms with van der Waals surface area (Å²) < 4.78 is 13.9. The average molecular weight is 370 g/mol. The second-order valence-corrected chi connectivity index (χ2v) is 7.91. The van der Waals surface area contributed by atoms with Gasteiger partial charge in [-0.25, -0.2) is 9.18 Å². The third-order valence-corrected chi connectivity index (χ3v) is 4.23. The number of hydrogen-bond acceptors (Lipinski definition) is 2. The fourth-order valence-corrected chi connectivity index (χ4v) is 2.78. The van der Waals surface area contributed by atoms with Crippen molar-refractivity contribution >= 4 is 23.5 Å². The van der Waals surface area contributed by atoms with E-state index in [1.165, 1.54) is 18.2 Å². The van der Waals surface area contributed by atoms with Crippen molar-refractivity contribution in [2.24, 2.45) is 5.41 Å². The van der Waals surface area contributed by atoms with Gasteiger partial charge in [-0.15, -0.1) is 0 Å². The maximum Gasteiger partial charge on any atom is 0.317 e. The van der Waals surface area contributed by atoms with E-state index in [0.29, 0.717) is 44.2 Å². The molecule has 1 aromatic rings. The number of nitrogens with one attached hydrogen (secondary N) is 1. The second kappa shape index (κ2) is 8.04. The lowest BCUT2D eigenvalue weighted by atomic mass is 9.97. The quantitative estimate of drug-likeness (QED) is 0.868. The molecule has 138 valence electrons. The zero-order chi connectivity index (χ0) is 18.6. The third-order valence-electron chi connectivity index (χ3n) is 4.00. The zero-order valence-electron chi connectivity index (χ0n) is 14.9. The molecule has 1 heterocycles. The van der Waals surface area contributed by atoms with Gasteiger partial charge in [0.15, 0.2) is 0 Å². The first-order chi connectivity index (χ1) is 11.7. The average Bonchev–Trinajstić information content (AvgIpc) is 2.79. The second-order valence-electron chi connectivity index (χ2n) is 7.48. The SMILES string of the molecule is CC(C)(C)CNC(=O)N1CCCN(C(=O)c2cc(Cl)ccc2F)CC1. The third kappa shape index (κ3) is 5.59. The van der Waals surface area contributed by atoms with Crippen LogP contribution < -0.4 is 5.32 Å². The van der Waals surface area contributed by atoms with E-state index in [0.717, 1.165) is 0 Å². The minimum atomic E-state index is -0.585. The van der Waals surface area contributed by atoms with Crippen LogP contribution in [0.15, 0.2) is 18.2 Å². The van der Waals surface area contributed by atoms with Gasteiger partial charge in [0.05, 0.1) is 5.56 Å². The summed E-state index contributed by atoms with van der Waals surface area (Å²) in [6, 6.07) is 3.83. The number of nitrogens with zero attached hydrogens (tertiary/aromatic N) is 2. The minimum absolute atomic E-state index is 0.00755. The van der Waals surface area contributed by atoms with Gasteiger partial charge in [0.1, 0.15) is 5.82 Å². The molecule has 0 aromatic heterocycles. The molecular formula is C18H25ClFN3O2. The fraction of sp³-hybridized carbons (Fsp3) is 0.556. The monoisotopic (exact) mass is 369 g/mol. The normalized spacial score (nSPS) is 15.7. The Labute approximate surface area is 153 Å². The van der Waals surface area contributed by atoms with Crippen LogP contribution in [0.3, 0.4) is 0 Å². The standard InChI is InChI=1S/C18H25ClFN3O2/c1-18(2,3)12-21-17(25)23-8-4-7-22(9-10-23)16(24)14-11-13(19)5-6-15(14)20/h5-6,11H,4,7-10,12H2,1-3H3,(H,21,25). The van der Waals surface area contributed by atoms with Crippen LogP contribution in [-0.2, 0) is 0 Å². The number of benzene rings is 1. The predicted molar refractivity (Wildman–Crippen MR) is 96.4 cm³/mol. The number of carbonyl (C=O) groups excluding carboxylic acids is 2. The molecule has 1 aliphatic heterocycles. The Balaban J connectivity index is 1.98. The highest BCUT2D eigenvalue weighted by Gasteiger charge is 2.25. The van der Waals surface area contributed by atoms with Gasteiger partial charge in [0, 0.05) is 37.7 Å². The molecule has 1 aliphatic rings. The maximum atomic E-state index is 13.9. The van der Waals surface area contributed by atoms with Gasteiger partial charge in [0.2, 0.25) is 0 Å². The molecule has 0 bridgehead atoms. The van der Waals surface area contributed by atoms with Crippen LogP contribution in [0.25, 0.3) is 0 Å². The van der Waals surface area contributed by atoms with Gasteiger partial charge >= 0.3 is 6.03 Å². The van der Waals surface area contributed by atoms with Crippen molar-refractivity contribution in [1.29, 1.82) is 0 Å². The first kappa shape index (κ1) is 19.5. The summed E-state index contributed by atoms with van der Waals surface area (Å²) in [6.07, 6.45) is 0.650. The maximum absolute atomic E-state index is 13.9. The van der Waals surface area contributed by atoms with Crippen molar-refractivity contribution in [2.75, 3.05) is 32.7 Å². The highest BCUT2D eigenvalue weighted by molar-refractivity contribution is 6.31. The van der Waals surface area contributed by atoms with Gasteiger partial charge < -0.3 is 15.1 Å².